The highest BCUT2D eigenvalue weighted by molar-refractivity contribution is 5.99. The van der Waals surface area contributed by atoms with Gasteiger partial charge in [-0.1, -0.05) is 49.7 Å². The molecule has 0 atom stereocenters. The molecular formula is C28H26N6O5. The van der Waals surface area contributed by atoms with Gasteiger partial charge in [-0.2, -0.15) is 10.2 Å². The second kappa shape index (κ2) is 11.1. The van der Waals surface area contributed by atoms with Crippen LogP contribution in [0.5, 0.6) is 11.5 Å². The van der Waals surface area contributed by atoms with Crippen LogP contribution in [0.25, 0.3) is 32.8 Å². The molecule has 4 N–H and O–H groups in total. The van der Waals surface area contributed by atoms with Crippen molar-refractivity contribution >= 4 is 33.3 Å². The van der Waals surface area contributed by atoms with Crippen LogP contribution in [0.3, 0.4) is 0 Å². The molecule has 0 saturated carbocycles. The number of hydrogen-bond acceptors (Lipinski definition) is 8. The second-order valence-electron chi connectivity index (χ2n) is 8.78. The van der Waals surface area contributed by atoms with E-state index in [1.807, 2.05) is 37.3 Å². The van der Waals surface area contributed by atoms with Crippen molar-refractivity contribution in [3.63, 3.8) is 0 Å². The Morgan fingerprint density at radius 2 is 1.74 bits per heavy atom. The Kier molecular flexibility index (Phi) is 7.21. The number of carbonyl (C=O) groups is 1. The number of anilines is 1. The van der Waals surface area contributed by atoms with Crippen LogP contribution in [0.4, 0.5) is 10.5 Å². The summed E-state index contributed by atoms with van der Waals surface area (Å²) in [6, 6.07) is 17.2. The van der Waals surface area contributed by atoms with Crippen LogP contribution in [-0.4, -0.2) is 39.3 Å². The highest BCUT2D eigenvalue weighted by Crippen LogP contribution is 2.38. The lowest BCUT2D eigenvalue weighted by Crippen LogP contribution is -2.38. The van der Waals surface area contributed by atoms with Crippen molar-refractivity contribution in [2.24, 2.45) is 0 Å². The van der Waals surface area contributed by atoms with Crippen molar-refractivity contribution in [2.45, 2.75) is 19.8 Å². The van der Waals surface area contributed by atoms with Gasteiger partial charge in [-0.05, 0) is 30.7 Å². The lowest BCUT2D eigenvalue weighted by Gasteiger charge is -2.13. The number of unbranched alkanes of at least 4 members (excludes halogenated alkanes) is 1. The van der Waals surface area contributed by atoms with Crippen LogP contribution < -0.4 is 31.6 Å². The molecule has 39 heavy (non-hydrogen) atoms. The van der Waals surface area contributed by atoms with E-state index in [0.717, 1.165) is 22.9 Å². The van der Waals surface area contributed by atoms with Crippen LogP contribution in [0.2, 0.25) is 0 Å². The number of hydrogen-bond donors (Lipinski definition) is 3. The summed E-state index contributed by atoms with van der Waals surface area (Å²) in [5.41, 5.74) is 7.02. The molecule has 0 aliphatic carbocycles. The quantitative estimate of drug-likeness (QED) is 0.237. The van der Waals surface area contributed by atoms with Gasteiger partial charge in [0.15, 0.2) is 11.5 Å². The van der Waals surface area contributed by atoms with E-state index >= 15 is 0 Å². The first-order valence-corrected chi connectivity index (χ1v) is 12.4. The smallest absolute Gasteiger partial charge is 0.345 e. The number of aromatic nitrogens is 4. The molecule has 11 nitrogen and oxygen atoms in total. The SMILES string of the molecule is CCCCNC(=O)n1nc(-c2ccccc2N)c2cc3c(cc2c1=O)OCO3.O=c1[nH]ncc2ccccc12. The summed E-state index contributed by atoms with van der Waals surface area (Å²) in [6.45, 7) is 2.56. The predicted molar refractivity (Wildman–Crippen MR) is 148 cm³/mol. The molecule has 0 fully saturated rings. The van der Waals surface area contributed by atoms with Crippen molar-refractivity contribution in [3.05, 3.63) is 87.6 Å². The fraction of sp³-hybridized carbons (Fsp3) is 0.179. The Morgan fingerprint density at radius 1 is 1.03 bits per heavy atom. The number of nitrogens with zero attached hydrogens (tertiary/aromatic N) is 3. The molecule has 5 aromatic rings. The van der Waals surface area contributed by atoms with E-state index in [1.165, 1.54) is 0 Å². The Hall–Kier alpha value is -5.19. The van der Waals surface area contributed by atoms with Crippen LogP contribution in [-0.2, 0) is 0 Å². The number of ether oxygens (including phenoxy) is 2. The molecule has 0 radical (unpaired) electrons. The van der Waals surface area contributed by atoms with Crippen molar-refractivity contribution in [2.75, 3.05) is 19.1 Å². The summed E-state index contributed by atoms with van der Waals surface area (Å²) in [6.07, 6.45) is 3.37. The lowest BCUT2D eigenvalue weighted by molar-refractivity contribution is 0.174. The standard InChI is InChI=1S/C20H20N4O4.C8H6N2O/c1-2-3-8-22-20(26)24-19(25)14-10-17-16(27-11-28-17)9-13(14)18(23-24)12-6-4-5-7-15(12)21;11-8-7-4-2-1-3-6(7)5-9-10-8/h4-7,9-10H,2-3,8,11,21H2,1H3,(H,22,26);1-5H,(H,10,11). The van der Waals surface area contributed by atoms with Crippen molar-refractivity contribution < 1.29 is 14.3 Å². The Balaban J connectivity index is 0.000000233. The third-order valence-electron chi connectivity index (χ3n) is 6.18. The normalized spacial score (nSPS) is 11.7. The minimum Gasteiger partial charge on any atom is -0.454 e. The van der Waals surface area contributed by atoms with E-state index in [4.69, 9.17) is 15.2 Å². The van der Waals surface area contributed by atoms with Crippen LogP contribution in [0.15, 0.2) is 76.4 Å². The number of fused-ring (bicyclic) bond motifs is 3. The molecule has 2 aromatic heterocycles. The summed E-state index contributed by atoms with van der Waals surface area (Å²) in [7, 11) is 0. The third kappa shape index (κ3) is 5.14. The molecule has 1 aliphatic rings. The van der Waals surface area contributed by atoms with E-state index in [-0.39, 0.29) is 12.4 Å². The maximum atomic E-state index is 13.0. The summed E-state index contributed by atoms with van der Waals surface area (Å²) >= 11 is 0. The first kappa shape index (κ1) is 25.5. The first-order valence-electron chi connectivity index (χ1n) is 12.4. The zero-order valence-electron chi connectivity index (χ0n) is 21.1. The van der Waals surface area contributed by atoms with Gasteiger partial charge in [0.2, 0.25) is 6.79 Å². The Bertz CT molecular complexity index is 1790. The molecule has 0 bridgehead atoms. The molecule has 0 unspecified atom stereocenters. The van der Waals surface area contributed by atoms with Gasteiger partial charge in [0, 0.05) is 34.0 Å². The first-order chi connectivity index (χ1) is 19.0. The molecule has 11 heteroatoms. The maximum Gasteiger partial charge on any atom is 0.345 e. The average Bonchev–Trinajstić information content (AvgIpc) is 3.41. The molecular weight excluding hydrogens is 500 g/mol. The van der Waals surface area contributed by atoms with Gasteiger partial charge < -0.3 is 20.5 Å². The van der Waals surface area contributed by atoms with Crippen molar-refractivity contribution in [1.82, 2.24) is 25.3 Å². The highest BCUT2D eigenvalue weighted by atomic mass is 16.7. The number of benzene rings is 3. The van der Waals surface area contributed by atoms with Gasteiger partial charge in [0.05, 0.1) is 11.6 Å². The molecule has 1 amide bonds. The third-order valence-corrected chi connectivity index (χ3v) is 6.18. The van der Waals surface area contributed by atoms with Gasteiger partial charge in [0.25, 0.3) is 11.1 Å². The molecule has 1 aliphatic heterocycles. The van der Waals surface area contributed by atoms with E-state index in [9.17, 15) is 14.4 Å². The zero-order chi connectivity index (χ0) is 27.4. The number of nitrogens with two attached hydrogens (primary N) is 1. The molecule has 6 rings (SSSR count). The van der Waals surface area contributed by atoms with Crippen molar-refractivity contribution in [3.8, 4) is 22.8 Å². The van der Waals surface area contributed by atoms with Gasteiger partial charge in [-0.3, -0.25) is 9.59 Å². The maximum absolute atomic E-state index is 13.0. The van der Waals surface area contributed by atoms with E-state index in [0.29, 0.717) is 51.1 Å². The molecule has 0 spiro atoms. The number of para-hydroxylation sites is 1. The summed E-state index contributed by atoms with van der Waals surface area (Å²) in [5, 5.41) is 15.5. The fourth-order valence-corrected chi connectivity index (χ4v) is 4.16. The molecule has 3 heterocycles. The minimum absolute atomic E-state index is 0.0770. The number of aromatic amines is 1. The topological polar surface area (TPSA) is 154 Å². The molecule has 198 valence electrons. The van der Waals surface area contributed by atoms with Crippen molar-refractivity contribution in [1.29, 1.82) is 0 Å². The number of nitrogens with one attached hydrogen (secondary N) is 2. The lowest BCUT2D eigenvalue weighted by atomic mass is 10.0. The monoisotopic (exact) mass is 526 g/mol. The van der Waals surface area contributed by atoms with E-state index in [2.05, 4.69) is 20.6 Å². The van der Waals surface area contributed by atoms with Crippen LogP contribution >= 0.6 is 0 Å². The predicted octanol–water partition coefficient (Wildman–Crippen LogP) is 3.66. The summed E-state index contributed by atoms with van der Waals surface area (Å²) in [5.74, 6) is 0.982. The van der Waals surface area contributed by atoms with E-state index < -0.39 is 11.6 Å². The number of amides is 1. The van der Waals surface area contributed by atoms with Gasteiger partial charge in [-0.15, -0.1) is 4.68 Å². The van der Waals surface area contributed by atoms with E-state index in [1.54, 1.807) is 36.5 Å². The largest absolute Gasteiger partial charge is 0.454 e. The van der Waals surface area contributed by atoms with Crippen LogP contribution in [0.1, 0.15) is 19.8 Å². The Labute approximate surface area is 222 Å². The molecule has 3 aromatic carbocycles. The zero-order valence-corrected chi connectivity index (χ0v) is 21.1. The highest BCUT2D eigenvalue weighted by Gasteiger charge is 2.22. The fourth-order valence-electron chi connectivity index (χ4n) is 4.16. The number of nitrogen functional groups attached to an aromatic ring is 1. The van der Waals surface area contributed by atoms with Gasteiger partial charge in [-0.25, -0.2) is 9.89 Å². The second-order valence-corrected chi connectivity index (χ2v) is 8.78. The summed E-state index contributed by atoms with van der Waals surface area (Å²) in [4.78, 5) is 36.6. The average molecular weight is 527 g/mol. The number of H-pyrrole nitrogens is 1. The molecule has 0 saturated heterocycles. The minimum atomic E-state index is -0.575. The number of rotatable bonds is 4. The summed E-state index contributed by atoms with van der Waals surface area (Å²) < 4.78 is 11.7. The van der Waals surface area contributed by atoms with Gasteiger partial charge in [0.1, 0.15) is 5.69 Å². The Morgan fingerprint density at radius 3 is 2.49 bits per heavy atom. The number of carbonyl (C=O) groups excluding carboxylic acids is 1. The van der Waals surface area contributed by atoms with Gasteiger partial charge >= 0.3 is 6.03 Å². The van der Waals surface area contributed by atoms with Crippen LogP contribution in [0, 0.1) is 0 Å².